The van der Waals surface area contributed by atoms with Gasteiger partial charge in [-0.05, 0) is 44.7 Å². The second-order valence-corrected chi connectivity index (χ2v) is 6.74. The molecule has 148 valence electrons. The van der Waals surface area contributed by atoms with Crippen molar-refractivity contribution in [2.45, 2.75) is 59.9 Å². The number of hydrogen-bond acceptors (Lipinski definition) is 6. The highest BCUT2D eigenvalue weighted by atomic mass is 16.5. The minimum absolute atomic E-state index is 0.357. The molecule has 2 rings (SSSR count). The Bertz CT molecular complexity index is 758. The van der Waals surface area contributed by atoms with Gasteiger partial charge in [0.25, 0.3) is 5.88 Å². The molecule has 0 aliphatic carbocycles. The molecule has 6 nitrogen and oxygen atoms in total. The topological polar surface area (TPSA) is 63.2 Å². The minimum Gasteiger partial charge on any atom is -0.478 e. The highest BCUT2D eigenvalue weighted by Crippen LogP contribution is 2.31. The van der Waals surface area contributed by atoms with E-state index >= 15 is 0 Å². The summed E-state index contributed by atoms with van der Waals surface area (Å²) >= 11 is 0. The lowest BCUT2D eigenvalue weighted by Gasteiger charge is -2.20. The van der Waals surface area contributed by atoms with Gasteiger partial charge >= 0.3 is 0 Å². The molecule has 0 atom stereocenters. The van der Waals surface area contributed by atoms with Crippen LogP contribution in [0.1, 0.15) is 51.8 Å². The number of hydrogen-bond donors (Lipinski definition) is 1. The molecule has 0 radical (unpaired) electrons. The van der Waals surface area contributed by atoms with E-state index in [2.05, 4.69) is 49.0 Å². The normalized spacial score (nSPS) is 11.0. The average molecular weight is 372 g/mol. The van der Waals surface area contributed by atoms with Crippen molar-refractivity contribution < 1.29 is 4.74 Å². The van der Waals surface area contributed by atoms with Gasteiger partial charge in [-0.25, -0.2) is 15.0 Å². The van der Waals surface area contributed by atoms with E-state index in [4.69, 9.17) is 14.7 Å². The third-order valence-corrected chi connectivity index (χ3v) is 5.03. The van der Waals surface area contributed by atoms with Gasteiger partial charge in [0, 0.05) is 31.4 Å². The SMILES string of the molecule is CCc1cc(N(C)CC)ncc1-c1nc(OC)c(NC(CC)CC)nc1C. The maximum atomic E-state index is 5.54. The number of ether oxygens (including phenoxy) is 1. The molecule has 27 heavy (non-hydrogen) atoms. The number of methoxy groups -OCH3 is 1. The van der Waals surface area contributed by atoms with Gasteiger partial charge in [-0.1, -0.05) is 20.8 Å². The molecule has 2 aromatic rings. The van der Waals surface area contributed by atoms with Crippen LogP contribution in [0.25, 0.3) is 11.3 Å². The zero-order valence-corrected chi connectivity index (χ0v) is 17.8. The molecule has 2 aromatic heterocycles. The fourth-order valence-electron chi connectivity index (χ4n) is 3.04. The third kappa shape index (κ3) is 4.67. The first-order chi connectivity index (χ1) is 13.0. The minimum atomic E-state index is 0.357. The largest absolute Gasteiger partial charge is 0.478 e. The standard InChI is InChI=1S/C21H33N5O/c1-8-15-12-18(26(6)11-4)22-13-17(15)19-14(5)23-20(21(25-19)27-7)24-16(9-2)10-3/h12-13,16H,8-11H2,1-7H3,(H,23,24). The van der Waals surface area contributed by atoms with Crippen LogP contribution in [0.15, 0.2) is 12.3 Å². The first-order valence-corrected chi connectivity index (χ1v) is 9.88. The summed E-state index contributed by atoms with van der Waals surface area (Å²) in [7, 11) is 3.69. The van der Waals surface area contributed by atoms with Crippen molar-refractivity contribution in [1.82, 2.24) is 15.0 Å². The first kappa shape index (κ1) is 20.9. The first-order valence-electron chi connectivity index (χ1n) is 9.88. The Labute approximate surface area is 163 Å². The van der Waals surface area contributed by atoms with Crippen molar-refractivity contribution in [3.05, 3.63) is 23.5 Å². The van der Waals surface area contributed by atoms with Crippen LogP contribution in [0.4, 0.5) is 11.6 Å². The highest BCUT2D eigenvalue weighted by molar-refractivity contribution is 5.69. The molecule has 0 aliphatic heterocycles. The molecule has 0 amide bonds. The van der Waals surface area contributed by atoms with E-state index in [9.17, 15) is 0 Å². The van der Waals surface area contributed by atoms with Crippen LogP contribution in [-0.4, -0.2) is 41.7 Å². The molecule has 0 saturated heterocycles. The van der Waals surface area contributed by atoms with Gasteiger partial charge in [-0.3, -0.25) is 0 Å². The molecule has 2 heterocycles. The molecular weight excluding hydrogens is 338 g/mol. The van der Waals surface area contributed by atoms with Gasteiger partial charge in [-0.15, -0.1) is 0 Å². The van der Waals surface area contributed by atoms with Crippen LogP contribution < -0.4 is 15.0 Å². The molecule has 0 unspecified atom stereocenters. The lowest BCUT2D eigenvalue weighted by atomic mass is 10.0. The van der Waals surface area contributed by atoms with Crippen LogP contribution in [0.5, 0.6) is 5.88 Å². The fraction of sp³-hybridized carbons (Fsp3) is 0.571. The van der Waals surface area contributed by atoms with E-state index in [0.717, 1.165) is 48.6 Å². The molecule has 0 fully saturated rings. The highest BCUT2D eigenvalue weighted by Gasteiger charge is 2.18. The van der Waals surface area contributed by atoms with E-state index in [1.54, 1.807) is 7.11 Å². The molecule has 6 heteroatoms. The number of aryl methyl sites for hydroxylation is 2. The summed E-state index contributed by atoms with van der Waals surface area (Å²) < 4.78 is 5.54. The molecule has 0 spiro atoms. The molecular formula is C21H33N5O. The van der Waals surface area contributed by atoms with Gasteiger partial charge in [0.05, 0.1) is 18.5 Å². The van der Waals surface area contributed by atoms with E-state index < -0.39 is 0 Å². The van der Waals surface area contributed by atoms with Crippen LogP contribution in [0.3, 0.4) is 0 Å². The fourth-order valence-corrected chi connectivity index (χ4v) is 3.04. The van der Waals surface area contributed by atoms with Crippen LogP contribution >= 0.6 is 0 Å². The predicted octanol–water partition coefficient (Wildman–Crippen LogP) is 4.47. The van der Waals surface area contributed by atoms with E-state index in [1.807, 2.05) is 20.2 Å². The summed E-state index contributed by atoms with van der Waals surface area (Å²) in [6, 6.07) is 2.50. The van der Waals surface area contributed by atoms with Crippen molar-refractivity contribution in [3.8, 4) is 17.1 Å². The van der Waals surface area contributed by atoms with Gasteiger partial charge in [-0.2, -0.15) is 0 Å². The van der Waals surface area contributed by atoms with Crippen molar-refractivity contribution in [2.24, 2.45) is 0 Å². The zero-order chi connectivity index (χ0) is 20.0. The summed E-state index contributed by atoms with van der Waals surface area (Å²) in [5.41, 5.74) is 3.93. The Kier molecular flexibility index (Phi) is 7.39. The number of anilines is 2. The Morgan fingerprint density at radius 2 is 1.85 bits per heavy atom. The number of nitrogens with one attached hydrogen (secondary N) is 1. The summed E-state index contributed by atoms with van der Waals surface area (Å²) in [6.07, 6.45) is 4.86. The zero-order valence-electron chi connectivity index (χ0n) is 17.8. The third-order valence-electron chi connectivity index (χ3n) is 5.03. The van der Waals surface area contributed by atoms with Crippen molar-refractivity contribution in [3.63, 3.8) is 0 Å². The van der Waals surface area contributed by atoms with E-state index in [0.29, 0.717) is 17.7 Å². The average Bonchev–Trinajstić information content (AvgIpc) is 2.71. The lowest BCUT2D eigenvalue weighted by Crippen LogP contribution is -2.19. The summed E-state index contributed by atoms with van der Waals surface area (Å²) in [6.45, 7) is 11.5. The monoisotopic (exact) mass is 371 g/mol. The van der Waals surface area contributed by atoms with E-state index in [-0.39, 0.29) is 0 Å². The second-order valence-electron chi connectivity index (χ2n) is 6.74. The Morgan fingerprint density at radius 3 is 2.41 bits per heavy atom. The van der Waals surface area contributed by atoms with Crippen LogP contribution in [-0.2, 0) is 6.42 Å². The number of nitrogens with zero attached hydrogens (tertiary/aromatic N) is 4. The van der Waals surface area contributed by atoms with Crippen LogP contribution in [0, 0.1) is 6.92 Å². The van der Waals surface area contributed by atoms with Crippen molar-refractivity contribution in [1.29, 1.82) is 0 Å². The molecule has 0 bridgehead atoms. The Morgan fingerprint density at radius 1 is 1.15 bits per heavy atom. The molecule has 0 aliphatic rings. The lowest BCUT2D eigenvalue weighted by molar-refractivity contribution is 0.397. The summed E-state index contributed by atoms with van der Waals surface area (Å²) in [5, 5.41) is 3.46. The smallest absolute Gasteiger partial charge is 0.257 e. The molecule has 0 saturated carbocycles. The van der Waals surface area contributed by atoms with Gasteiger partial charge in [0.2, 0.25) is 0 Å². The second kappa shape index (κ2) is 9.53. The van der Waals surface area contributed by atoms with Gasteiger partial charge < -0.3 is 15.0 Å². The summed E-state index contributed by atoms with van der Waals surface area (Å²) in [5.74, 6) is 2.21. The number of aromatic nitrogens is 3. The van der Waals surface area contributed by atoms with Crippen LogP contribution in [0.2, 0.25) is 0 Å². The molecule has 1 N–H and O–H groups in total. The van der Waals surface area contributed by atoms with Crippen molar-refractivity contribution in [2.75, 3.05) is 30.9 Å². The van der Waals surface area contributed by atoms with Gasteiger partial charge in [0.15, 0.2) is 5.82 Å². The number of rotatable bonds is 9. The Balaban J connectivity index is 2.49. The maximum Gasteiger partial charge on any atom is 0.257 e. The molecule has 0 aromatic carbocycles. The number of pyridine rings is 1. The Hall–Kier alpha value is -2.37. The van der Waals surface area contributed by atoms with Gasteiger partial charge in [0.1, 0.15) is 5.82 Å². The van der Waals surface area contributed by atoms with Crippen molar-refractivity contribution >= 4 is 11.6 Å². The summed E-state index contributed by atoms with van der Waals surface area (Å²) in [4.78, 5) is 16.3. The quantitative estimate of drug-likeness (QED) is 0.701. The van der Waals surface area contributed by atoms with E-state index in [1.165, 1.54) is 5.56 Å². The maximum absolute atomic E-state index is 5.54. The predicted molar refractivity (Wildman–Crippen MR) is 113 cm³/mol.